The number of nitrogens with zero attached hydrogens (tertiary/aromatic N) is 3. The maximum absolute atomic E-state index is 11.0. The van der Waals surface area contributed by atoms with Crippen LogP contribution >= 0.6 is 24.0 Å². The summed E-state index contributed by atoms with van der Waals surface area (Å²) in [6, 6.07) is 18.1. The van der Waals surface area contributed by atoms with Gasteiger partial charge in [-0.1, -0.05) is 42.5 Å². The molecule has 1 fully saturated rings. The Kier molecular flexibility index (Phi) is 10.2. The summed E-state index contributed by atoms with van der Waals surface area (Å²) in [6.07, 6.45) is 2.11. The molecule has 0 amide bonds. The van der Waals surface area contributed by atoms with Crippen LogP contribution in [0.15, 0.2) is 59.6 Å². The smallest absolute Gasteiger partial charge is 0.269 e. The number of likely N-dealkylation sites (tertiary alicyclic amines) is 1. The number of aliphatic imine (C=N–C) groups is 1. The average molecular weight is 537 g/mol. The van der Waals surface area contributed by atoms with Crippen LogP contribution in [-0.4, -0.2) is 41.5 Å². The van der Waals surface area contributed by atoms with Crippen LogP contribution < -0.4 is 10.6 Å². The molecule has 1 heterocycles. The molecule has 0 aliphatic carbocycles. The first-order valence-electron chi connectivity index (χ1n) is 10.6. The molecule has 2 N–H and O–H groups in total. The van der Waals surface area contributed by atoms with Gasteiger partial charge in [-0.2, -0.15) is 0 Å². The number of piperidine rings is 1. The van der Waals surface area contributed by atoms with E-state index in [1.807, 2.05) is 13.0 Å². The Balaban J connectivity index is 0.00000341. The van der Waals surface area contributed by atoms with Gasteiger partial charge in [0.25, 0.3) is 5.69 Å². The van der Waals surface area contributed by atoms with Gasteiger partial charge in [-0.25, -0.2) is 4.99 Å². The van der Waals surface area contributed by atoms with Crippen molar-refractivity contribution in [3.63, 3.8) is 0 Å². The molecule has 31 heavy (non-hydrogen) atoms. The average Bonchev–Trinajstić information content (AvgIpc) is 2.78. The van der Waals surface area contributed by atoms with Crippen LogP contribution in [0.25, 0.3) is 0 Å². The van der Waals surface area contributed by atoms with E-state index in [0.29, 0.717) is 18.6 Å². The van der Waals surface area contributed by atoms with Crippen molar-refractivity contribution in [2.45, 2.75) is 45.3 Å². The van der Waals surface area contributed by atoms with Gasteiger partial charge in [-0.3, -0.25) is 15.0 Å². The number of hydrogen-bond acceptors (Lipinski definition) is 4. The normalized spacial score (nSPS) is 16.3. The molecule has 1 aliphatic heterocycles. The lowest BCUT2D eigenvalue weighted by Crippen LogP contribution is -2.49. The zero-order chi connectivity index (χ0) is 21.3. The third-order valence-electron chi connectivity index (χ3n) is 5.59. The predicted molar refractivity (Wildman–Crippen MR) is 136 cm³/mol. The SMILES string of the molecule is CCNC(=NCc1cccc([N+](=O)[O-])c1)NC1CCN(C(C)c2ccccc2)CC1.I. The van der Waals surface area contributed by atoms with Gasteiger partial charge in [0.2, 0.25) is 0 Å². The van der Waals surface area contributed by atoms with Gasteiger partial charge >= 0.3 is 0 Å². The third kappa shape index (κ3) is 7.46. The largest absolute Gasteiger partial charge is 0.357 e. The zero-order valence-corrected chi connectivity index (χ0v) is 20.5. The molecule has 3 rings (SSSR count). The first-order valence-corrected chi connectivity index (χ1v) is 10.6. The number of hydrogen-bond donors (Lipinski definition) is 2. The fourth-order valence-electron chi connectivity index (χ4n) is 3.83. The molecule has 168 valence electrons. The summed E-state index contributed by atoms with van der Waals surface area (Å²) in [7, 11) is 0. The molecule has 0 aromatic heterocycles. The Labute approximate surface area is 201 Å². The lowest BCUT2D eigenvalue weighted by molar-refractivity contribution is -0.384. The van der Waals surface area contributed by atoms with Gasteiger partial charge in [0, 0.05) is 43.9 Å². The Hall–Kier alpha value is -2.20. The molecule has 0 radical (unpaired) electrons. The van der Waals surface area contributed by atoms with E-state index < -0.39 is 0 Å². The van der Waals surface area contributed by atoms with Crippen LogP contribution in [0, 0.1) is 10.1 Å². The maximum Gasteiger partial charge on any atom is 0.269 e. The highest BCUT2D eigenvalue weighted by Crippen LogP contribution is 2.24. The molecule has 0 bridgehead atoms. The second-order valence-corrected chi connectivity index (χ2v) is 7.66. The summed E-state index contributed by atoms with van der Waals surface area (Å²) in [5.41, 5.74) is 2.28. The van der Waals surface area contributed by atoms with Crippen LogP contribution in [0.3, 0.4) is 0 Å². The highest BCUT2D eigenvalue weighted by atomic mass is 127. The van der Waals surface area contributed by atoms with E-state index >= 15 is 0 Å². The highest BCUT2D eigenvalue weighted by molar-refractivity contribution is 14.0. The number of halogens is 1. The second-order valence-electron chi connectivity index (χ2n) is 7.66. The topological polar surface area (TPSA) is 82.8 Å². The minimum atomic E-state index is -0.374. The summed E-state index contributed by atoms with van der Waals surface area (Å²) >= 11 is 0. The van der Waals surface area contributed by atoms with Crippen molar-refractivity contribution in [1.29, 1.82) is 0 Å². The number of benzene rings is 2. The molecule has 1 atom stereocenters. The molecule has 2 aromatic carbocycles. The quantitative estimate of drug-likeness (QED) is 0.179. The van der Waals surface area contributed by atoms with Crippen molar-refractivity contribution in [1.82, 2.24) is 15.5 Å². The molecular formula is C23H32IN5O2. The van der Waals surface area contributed by atoms with E-state index in [-0.39, 0.29) is 34.6 Å². The molecule has 2 aromatic rings. The number of nitro benzene ring substituents is 1. The van der Waals surface area contributed by atoms with E-state index in [1.54, 1.807) is 12.1 Å². The summed E-state index contributed by atoms with van der Waals surface area (Å²) in [5, 5.41) is 17.8. The lowest BCUT2D eigenvalue weighted by Gasteiger charge is -2.37. The Bertz CT molecular complexity index is 854. The first kappa shape index (κ1) is 25.1. The first-order chi connectivity index (χ1) is 14.6. The molecule has 7 nitrogen and oxygen atoms in total. The van der Waals surface area contributed by atoms with E-state index in [0.717, 1.165) is 44.0 Å². The van der Waals surface area contributed by atoms with Crippen molar-refractivity contribution in [3.05, 3.63) is 75.8 Å². The highest BCUT2D eigenvalue weighted by Gasteiger charge is 2.24. The van der Waals surface area contributed by atoms with Gasteiger partial charge in [0.05, 0.1) is 11.5 Å². The van der Waals surface area contributed by atoms with Crippen molar-refractivity contribution in [2.75, 3.05) is 19.6 Å². The number of rotatable bonds is 7. The summed E-state index contributed by atoms with van der Waals surface area (Å²) in [6.45, 7) is 7.56. The van der Waals surface area contributed by atoms with Crippen molar-refractivity contribution in [3.8, 4) is 0 Å². The van der Waals surface area contributed by atoms with Crippen LogP contribution in [0.4, 0.5) is 5.69 Å². The van der Waals surface area contributed by atoms with E-state index in [1.165, 1.54) is 11.6 Å². The van der Waals surface area contributed by atoms with Crippen molar-refractivity contribution in [2.24, 2.45) is 4.99 Å². The van der Waals surface area contributed by atoms with E-state index in [9.17, 15) is 10.1 Å². The number of non-ortho nitro benzene ring substituents is 1. The third-order valence-corrected chi connectivity index (χ3v) is 5.59. The second kappa shape index (κ2) is 12.6. The fraction of sp³-hybridized carbons (Fsp3) is 0.435. The molecule has 0 spiro atoms. The Morgan fingerprint density at radius 1 is 1.19 bits per heavy atom. The number of guanidine groups is 1. The van der Waals surface area contributed by atoms with Crippen molar-refractivity contribution >= 4 is 35.6 Å². The van der Waals surface area contributed by atoms with Crippen LogP contribution in [-0.2, 0) is 6.54 Å². The van der Waals surface area contributed by atoms with Crippen LogP contribution in [0.1, 0.15) is 43.9 Å². The summed E-state index contributed by atoms with van der Waals surface area (Å²) < 4.78 is 0. The van der Waals surface area contributed by atoms with Crippen molar-refractivity contribution < 1.29 is 4.92 Å². The van der Waals surface area contributed by atoms with E-state index in [4.69, 9.17) is 0 Å². The summed E-state index contributed by atoms with van der Waals surface area (Å²) in [5.74, 6) is 0.763. The molecule has 1 saturated heterocycles. The zero-order valence-electron chi connectivity index (χ0n) is 18.2. The van der Waals surface area contributed by atoms with Gasteiger partial charge < -0.3 is 10.6 Å². The molecule has 8 heteroatoms. The molecular weight excluding hydrogens is 505 g/mol. The fourth-order valence-corrected chi connectivity index (χ4v) is 3.83. The van der Waals surface area contributed by atoms with E-state index in [2.05, 4.69) is 57.8 Å². The number of nitro groups is 1. The summed E-state index contributed by atoms with van der Waals surface area (Å²) in [4.78, 5) is 17.8. The Morgan fingerprint density at radius 2 is 1.90 bits per heavy atom. The Morgan fingerprint density at radius 3 is 2.55 bits per heavy atom. The molecule has 0 saturated carbocycles. The monoisotopic (exact) mass is 537 g/mol. The van der Waals surface area contributed by atoms with Gasteiger partial charge in [-0.05, 0) is 37.8 Å². The maximum atomic E-state index is 11.0. The molecule has 1 unspecified atom stereocenters. The van der Waals surface area contributed by atoms with Gasteiger partial charge in [0.15, 0.2) is 5.96 Å². The van der Waals surface area contributed by atoms with Gasteiger partial charge in [-0.15, -0.1) is 24.0 Å². The van der Waals surface area contributed by atoms with Crippen LogP contribution in [0.5, 0.6) is 0 Å². The van der Waals surface area contributed by atoms with Gasteiger partial charge in [0.1, 0.15) is 0 Å². The van der Waals surface area contributed by atoms with Crippen LogP contribution in [0.2, 0.25) is 0 Å². The minimum Gasteiger partial charge on any atom is -0.357 e. The lowest BCUT2D eigenvalue weighted by atomic mass is 10.0. The standard InChI is InChI=1S/C23H31N5O2.HI/c1-3-24-23(25-17-19-8-7-11-22(16-19)28(29)30)26-21-12-14-27(15-13-21)18(2)20-9-5-4-6-10-20;/h4-11,16,18,21H,3,12-15,17H2,1-2H3,(H2,24,25,26);1H. The minimum absolute atomic E-state index is 0. The predicted octanol–water partition coefficient (Wildman–Crippen LogP) is 4.49. The number of nitrogens with one attached hydrogen (secondary N) is 2. The molecule has 1 aliphatic rings.